The van der Waals surface area contributed by atoms with Gasteiger partial charge >= 0.3 is 0 Å². The Balaban J connectivity index is 1.77. The van der Waals surface area contributed by atoms with E-state index in [1.807, 2.05) is 11.8 Å². The van der Waals surface area contributed by atoms with Gasteiger partial charge in [-0.1, -0.05) is 0 Å². The number of halogens is 2. The Bertz CT molecular complexity index is 536. The van der Waals surface area contributed by atoms with Crippen molar-refractivity contribution in [2.75, 3.05) is 18.1 Å². The molecule has 114 valence electrons. The molecule has 0 amide bonds. The minimum Gasteiger partial charge on any atom is -0.375 e. The molecule has 1 unspecified atom stereocenters. The van der Waals surface area contributed by atoms with Gasteiger partial charge in [0.1, 0.15) is 11.6 Å². The van der Waals surface area contributed by atoms with Crippen molar-refractivity contribution in [3.63, 3.8) is 0 Å². The van der Waals surface area contributed by atoms with E-state index in [9.17, 15) is 13.6 Å². The van der Waals surface area contributed by atoms with Crippen molar-refractivity contribution in [1.82, 2.24) is 0 Å². The number of ketones is 1. The third kappa shape index (κ3) is 3.14. The van der Waals surface area contributed by atoms with Gasteiger partial charge in [0.2, 0.25) is 0 Å². The zero-order valence-corrected chi connectivity index (χ0v) is 12.6. The number of carbonyl (C=O) groups excluding carboxylic acids is 1. The molecule has 2 aliphatic heterocycles. The van der Waals surface area contributed by atoms with Gasteiger partial charge in [0.25, 0.3) is 0 Å². The number of ether oxygens (including phenoxy) is 1. The SMILES string of the molecule is O=C(c1ccc(F)cc1F)C1CCOC2(CCSCC2)C1. The first-order chi connectivity index (χ1) is 10.1. The summed E-state index contributed by atoms with van der Waals surface area (Å²) in [6.07, 6.45) is 3.18. The summed E-state index contributed by atoms with van der Waals surface area (Å²) in [5.74, 6) is 0.240. The van der Waals surface area contributed by atoms with Crippen molar-refractivity contribution in [2.24, 2.45) is 5.92 Å². The Kier molecular flexibility index (Phi) is 4.31. The second-order valence-corrected chi connectivity index (χ2v) is 7.05. The highest BCUT2D eigenvalue weighted by Gasteiger charge is 2.41. The van der Waals surface area contributed by atoms with E-state index in [1.54, 1.807) is 0 Å². The van der Waals surface area contributed by atoms with Gasteiger partial charge in [-0.05, 0) is 49.3 Å². The standard InChI is InChI=1S/C16H18F2O2S/c17-12-1-2-13(14(18)9-12)15(19)11-3-6-20-16(10-11)4-7-21-8-5-16/h1-2,9,11H,3-8,10H2. The molecule has 2 saturated heterocycles. The summed E-state index contributed by atoms with van der Waals surface area (Å²) in [4.78, 5) is 12.5. The van der Waals surface area contributed by atoms with Crippen LogP contribution >= 0.6 is 11.8 Å². The molecule has 3 rings (SSSR count). The van der Waals surface area contributed by atoms with Crippen LogP contribution in [0.25, 0.3) is 0 Å². The van der Waals surface area contributed by atoms with Gasteiger partial charge < -0.3 is 4.74 Å². The van der Waals surface area contributed by atoms with E-state index < -0.39 is 11.6 Å². The Morgan fingerprint density at radius 1 is 1.29 bits per heavy atom. The molecule has 2 aliphatic rings. The Hall–Kier alpha value is -0.940. The Morgan fingerprint density at radius 2 is 2.05 bits per heavy atom. The smallest absolute Gasteiger partial charge is 0.169 e. The highest BCUT2D eigenvalue weighted by molar-refractivity contribution is 7.99. The summed E-state index contributed by atoms with van der Waals surface area (Å²) in [5.41, 5.74) is -0.205. The fraction of sp³-hybridized carbons (Fsp3) is 0.562. The van der Waals surface area contributed by atoms with Crippen LogP contribution in [0.15, 0.2) is 18.2 Å². The maximum atomic E-state index is 13.8. The summed E-state index contributed by atoms with van der Waals surface area (Å²) < 4.78 is 32.7. The van der Waals surface area contributed by atoms with E-state index in [-0.39, 0.29) is 22.9 Å². The summed E-state index contributed by atoms with van der Waals surface area (Å²) >= 11 is 1.91. The van der Waals surface area contributed by atoms with Crippen molar-refractivity contribution in [1.29, 1.82) is 0 Å². The summed E-state index contributed by atoms with van der Waals surface area (Å²) in [5, 5.41) is 0. The second-order valence-electron chi connectivity index (χ2n) is 5.82. The lowest BCUT2D eigenvalue weighted by Crippen LogP contribution is -2.44. The average Bonchev–Trinajstić information content (AvgIpc) is 2.47. The zero-order valence-electron chi connectivity index (χ0n) is 11.7. The van der Waals surface area contributed by atoms with Crippen LogP contribution in [0.5, 0.6) is 0 Å². The Labute approximate surface area is 127 Å². The lowest BCUT2D eigenvalue weighted by Gasteiger charge is -2.42. The van der Waals surface area contributed by atoms with Crippen LogP contribution < -0.4 is 0 Å². The van der Waals surface area contributed by atoms with Crippen LogP contribution in [0.2, 0.25) is 0 Å². The van der Waals surface area contributed by atoms with Gasteiger partial charge in [0.05, 0.1) is 11.2 Å². The van der Waals surface area contributed by atoms with E-state index >= 15 is 0 Å². The normalized spacial score (nSPS) is 25.0. The maximum absolute atomic E-state index is 13.8. The molecule has 5 heteroatoms. The van der Waals surface area contributed by atoms with E-state index in [1.165, 1.54) is 6.07 Å². The number of hydrogen-bond acceptors (Lipinski definition) is 3. The van der Waals surface area contributed by atoms with E-state index in [4.69, 9.17) is 4.74 Å². The minimum absolute atomic E-state index is 0.00337. The molecule has 2 fully saturated rings. The maximum Gasteiger partial charge on any atom is 0.169 e. The van der Waals surface area contributed by atoms with Crippen molar-refractivity contribution < 1.29 is 18.3 Å². The zero-order chi connectivity index (χ0) is 14.9. The third-order valence-corrected chi connectivity index (χ3v) is 5.45. The van der Waals surface area contributed by atoms with Crippen molar-refractivity contribution in [2.45, 2.75) is 31.3 Å². The molecule has 2 nitrogen and oxygen atoms in total. The van der Waals surface area contributed by atoms with E-state index in [2.05, 4.69) is 0 Å². The molecule has 1 aromatic carbocycles. The topological polar surface area (TPSA) is 26.3 Å². The van der Waals surface area contributed by atoms with Crippen LogP contribution in [0.4, 0.5) is 8.78 Å². The first-order valence-corrected chi connectivity index (χ1v) is 8.46. The highest BCUT2D eigenvalue weighted by Crippen LogP contribution is 2.40. The van der Waals surface area contributed by atoms with Gasteiger partial charge in [-0.3, -0.25) is 4.79 Å². The highest BCUT2D eigenvalue weighted by atomic mass is 32.2. The predicted octanol–water partition coefficient (Wildman–Crippen LogP) is 3.84. The number of thioether (sulfide) groups is 1. The first-order valence-electron chi connectivity index (χ1n) is 7.31. The molecule has 0 N–H and O–H groups in total. The molecule has 0 saturated carbocycles. The molecule has 0 bridgehead atoms. The summed E-state index contributed by atoms with van der Waals surface area (Å²) in [7, 11) is 0. The minimum atomic E-state index is -0.764. The number of rotatable bonds is 2. The molecule has 1 atom stereocenters. The van der Waals surface area contributed by atoms with Crippen molar-refractivity contribution >= 4 is 17.5 Å². The summed E-state index contributed by atoms with van der Waals surface area (Å²) in [6.45, 7) is 0.546. The van der Waals surface area contributed by atoms with Gasteiger partial charge in [0.15, 0.2) is 5.78 Å². The van der Waals surface area contributed by atoms with Crippen LogP contribution in [0.1, 0.15) is 36.0 Å². The lowest BCUT2D eigenvalue weighted by atomic mass is 9.78. The average molecular weight is 312 g/mol. The Morgan fingerprint density at radius 3 is 2.76 bits per heavy atom. The predicted molar refractivity (Wildman–Crippen MR) is 78.7 cm³/mol. The van der Waals surface area contributed by atoms with Crippen molar-refractivity contribution in [3.8, 4) is 0 Å². The number of hydrogen-bond donors (Lipinski definition) is 0. The van der Waals surface area contributed by atoms with Gasteiger partial charge in [-0.25, -0.2) is 8.78 Å². The largest absolute Gasteiger partial charge is 0.375 e. The molecular weight excluding hydrogens is 294 g/mol. The van der Waals surface area contributed by atoms with Gasteiger partial charge in [-0.15, -0.1) is 0 Å². The third-order valence-electron chi connectivity index (χ3n) is 4.46. The molecule has 1 aromatic rings. The van der Waals surface area contributed by atoms with Crippen LogP contribution in [0.3, 0.4) is 0 Å². The first kappa shape index (κ1) is 15.0. The van der Waals surface area contributed by atoms with Crippen molar-refractivity contribution in [3.05, 3.63) is 35.4 Å². The summed E-state index contributed by atoms with van der Waals surface area (Å²) in [6, 6.07) is 3.17. The molecular formula is C16H18F2O2S. The monoisotopic (exact) mass is 312 g/mol. The molecule has 0 aromatic heterocycles. The lowest BCUT2D eigenvalue weighted by molar-refractivity contribution is -0.0960. The molecule has 0 aliphatic carbocycles. The molecule has 1 spiro atoms. The van der Waals surface area contributed by atoms with Crippen LogP contribution in [-0.4, -0.2) is 29.5 Å². The number of carbonyl (C=O) groups is 1. The number of benzene rings is 1. The fourth-order valence-electron chi connectivity index (χ4n) is 3.25. The second kappa shape index (κ2) is 6.05. The molecule has 0 radical (unpaired) electrons. The van der Waals surface area contributed by atoms with Gasteiger partial charge in [0, 0.05) is 18.6 Å². The van der Waals surface area contributed by atoms with Crippen LogP contribution in [0, 0.1) is 17.6 Å². The fourth-order valence-corrected chi connectivity index (χ4v) is 4.49. The quantitative estimate of drug-likeness (QED) is 0.776. The number of Topliss-reactive ketones (excluding diaryl/α,β-unsaturated/α-hetero) is 1. The van der Waals surface area contributed by atoms with Gasteiger partial charge in [-0.2, -0.15) is 11.8 Å². The molecule has 21 heavy (non-hydrogen) atoms. The van der Waals surface area contributed by atoms with E-state index in [0.717, 1.165) is 36.5 Å². The molecule has 2 heterocycles. The van der Waals surface area contributed by atoms with Crippen LogP contribution in [-0.2, 0) is 4.74 Å². The van der Waals surface area contributed by atoms with E-state index in [0.29, 0.717) is 19.4 Å².